The van der Waals surface area contributed by atoms with Gasteiger partial charge in [-0.05, 0) is 96.4 Å². The van der Waals surface area contributed by atoms with E-state index < -0.39 is 16.2 Å². The van der Waals surface area contributed by atoms with Gasteiger partial charge in [0, 0.05) is 13.1 Å². The lowest BCUT2D eigenvalue weighted by Crippen LogP contribution is -2.31. The third-order valence-corrected chi connectivity index (χ3v) is 10.4. The van der Waals surface area contributed by atoms with E-state index in [1.165, 1.54) is 85.7 Å². The number of rotatable bonds is 9. The summed E-state index contributed by atoms with van der Waals surface area (Å²) >= 11 is 0. The average Bonchev–Trinajstić information content (AvgIpc) is 3.38. The van der Waals surface area contributed by atoms with E-state index >= 15 is 0 Å². The molecule has 1 heterocycles. The minimum absolute atomic E-state index is 0.0265. The van der Waals surface area contributed by atoms with Crippen LogP contribution in [-0.2, 0) is 23.3 Å². The lowest BCUT2D eigenvalue weighted by atomic mass is 9.70. The van der Waals surface area contributed by atoms with Gasteiger partial charge in [-0.1, -0.05) is 50.8 Å². The van der Waals surface area contributed by atoms with E-state index in [4.69, 9.17) is 4.74 Å². The zero-order chi connectivity index (χ0) is 27.6. The van der Waals surface area contributed by atoms with Crippen LogP contribution in [0.1, 0.15) is 91.8 Å². The van der Waals surface area contributed by atoms with Gasteiger partial charge in [-0.2, -0.15) is 12.7 Å². The van der Waals surface area contributed by atoms with Gasteiger partial charge in [0.1, 0.15) is 5.75 Å². The van der Waals surface area contributed by atoms with Gasteiger partial charge in [0.25, 0.3) is 0 Å². The molecular weight excluding hydrogens is 512 g/mol. The minimum atomic E-state index is -3.87. The van der Waals surface area contributed by atoms with Crippen LogP contribution in [0.4, 0.5) is 5.69 Å². The van der Waals surface area contributed by atoms with Crippen LogP contribution in [0.5, 0.6) is 5.75 Å². The van der Waals surface area contributed by atoms with Gasteiger partial charge in [-0.25, -0.2) is 4.79 Å². The van der Waals surface area contributed by atoms with E-state index in [0.29, 0.717) is 13.1 Å². The molecule has 3 aliphatic rings. The van der Waals surface area contributed by atoms with E-state index in [0.717, 1.165) is 41.7 Å². The van der Waals surface area contributed by atoms with Crippen molar-refractivity contribution in [1.29, 1.82) is 0 Å². The number of aromatic carboxylic acids is 1. The highest BCUT2D eigenvalue weighted by molar-refractivity contribution is 7.90. The Labute approximate surface area is 232 Å². The second kappa shape index (κ2) is 11.7. The molecule has 0 amide bonds. The zero-order valence-electron chi connectivity index (χ0n) is 23.0. The summed E-state index contributed by atoms with van der Waals surface area (Å²) in [6.45, 7) is 2.89. The molecule has 1 fully saturated rings. The summed E-state index contributed by atoms with van der Waals surface area (Å²) in [5.74, 6) is 1.69. The number of nitrogens with zero attached hydrogens (tertiary/aromatic N) is 1. The van der Waals surface area contributed by atoms with Gasteiger partial charge in [-0.3, -0.25) is 4.72 Å². The number of carbonyl (C=O) groups is 1. The molecule has 0 spiro atoms. The van der Waals surface area contributed by atoms with Crippen LogP contribution in [0.2, 0.25) is 0 Å². The first-order valence-corrected chi connectivity index (χ1v) is 15.7. The van der Waals surface area contributed by atoms with Crippen molar-refractivity contribution in [3.05, 3.63) is 64.7 Å². The molecule has 2 aromatic carbocycles. The van der Waals surface area contributed by atoms with Crippen LogP contribution in [0.3, 0.4) is 0 Å². The average molecular weight is 553 g/mol. The Morgan fingerprint density at radius 3 is 2.46 bits per heavy atom. The van der Waals surface area contributed by atoms with Gasteiger partial charge >= 0.3 is 16.2 Å². The normalized spacial score (nSPS) is 23.6. The monoisotopic (exact) mass is 552 g/mol. The second-order valence-corrected chi connectivity index (χ2v) is 13.1. The number of carboxylic acids is 1. The van der Waals surface area contributed by atoms with E-state index in [1.54, 1.807) is 0 Å². The van der Waals surface area contributed by atoms with E-state index in [2.05, 4.69) is 35.9 Å². The first-order valence-electron chi connectivity index (χ1n) is 14.3. The minimum Gasteiger partial charge on any atom is -0.495 e. The number of allylic oxidation sites excluding steroid dienone is 2. The van der Waals surface area contributed by atoms with Gasteiger partial charge in [0.2, 0.25) is 0 Å². The number of benzene rings is 2. The lowest BCUT2D eigenvalue weighted by molar-refractivity contribution is 0.0696. The topological polar surface area (TPSA) is 95.9 Å². The summed E-state index contributed by atoms with van der Waals surface area (Å²) in [5, 5.41) is 9.21. The summed E-state index contributed by atoms with van der Waals surface area (Å²) in [5.41, 5.74) is 4.87. The first kappa shape index (κ1) is 27.7. The van der Waals surface area contributed by atoms with Crippen molar-refractivity contribution in [2.24, 2.45) is 17.8 Å². The number of carboxylic acid groups (broad SMARTS) is 1. The molecule has 210 valence electrons. The van der Waals surface area contributed by atoms with Crippen LogP contribution < -0.4 is 9.46 Å². The summed E-state index contributed by atoms with van der Waals surface area (Å²) < 4.78 is 35.7. The highest BCUT2D eigenvalue weighted by Gasteiger charge is 2.32. The SMILES string of the molecule is CCC[C@H]1CC[C@H](C2CC=C(c3ccc4c(c3)CN(S(=O)(=O)Nc3ccc(C(=O)O)cc3OC)C4)CC2)CC1. The van der Waals surface area contributed by atoms with Crippen molar-refractivity contribution < 1.29 is 23.1 Å². The van der Waals surface area contributed by atoms with Crippen LogP contribution in [0, 0.1) is 17.8 Å². The quantitative estimate of drug-likeness (QED) is 0.354. The van der Waals surface area contributed by atoms with Crippen LogP contribution in [0.25, 0.3) is 5.57 Å². The predicted octanol–water partition coefficient (Wildman–Crippen LogP) is 6.86. The van der Waals surface area contributed by atoms with Crippen molar-refractivity contribution in [3.63, 3.8) is 0 Å². The second-order valence-electron chi connectivity index (χ2n) is 11.4. The highest BCUT2D eigenvalue weighted by atomic mass is 32.2. The fourth-order valence-corrected chi connectivity index (χ4v) is 7.94. The Morgan fingerprint density at radius 2 is 1.79 bits per heavy atom. The van der Waals surface area contributed by atoms with Gasteiger partial charge in [0.15, 0.2) is 0 Å². The molecule has 2 N–H and O–H groups in total. The molecular formula is C31H40N2O5S. The molecule has 2 aliphatic carbocycles. The summed E-state index contributed by atoms with van der Waals surface area (Å²) in [7, 11) is -2.49. The third-order valence-electron chi connectivity index (χ3n) is 9.00. The number of hydrogen-bond acceptors (Lipinski definition) is 4. The highest BCUT2D eigenvalue weighted by Crippen LogP contribution is 2.42. The fraction of sp³-hybridized carbons (Fsp3) is 0.516. The standard InChI is InChI=1S/C31H40N2O5S/c1-3-4-21-5-7-22(8-6-21)23-9-11-24(12-10-23)25-13-14-27-19-33(20-28(27)17-25)39(36,37)32-29-16-15-26(31(34)35)18-30(29)38-2/h11,13-18,21-23,32H,3-10,12,19-20H2,1-2H3,(H,34,35)/t21-,22-,23?. The van der Waals surface area contributed by atoms with Crippen LogP contribution >= 0.6 is 0 Å². The van der Waals surface area contributed by atoms with Crippen molar-refractivity contribution in [2.45, 2.75) is 77.8 Å². The molecule has 0 bridgehead atoms. The number of fused-ring (bicyclic) bond motifs is 1. The molecule has 0 aromatic heterocycles. The maximum Gasteiger partial charge on any atom is 0.335 e. The van der Waals surface area contributed by atoms with Crippen LogP contribution in [0.15, 0.2) is 42.5 Å². The Balaban J connectivity index is 1.22. The van der Waals surface area contributed by atoms with E-state index in [1.807, 2.05) is 0 Å². The van der Waals surface area contributed by atoms with Crippen molar-refractivity contribution in [2.75, 3.05) is 11.8 Å². The molecule has 8 heteroatoms. The van der Waals surface area contributed by atoms with E-state index in [-0.39, 0.29) is 17.0 Å². The fourth-order valence-electron chi connectivity index (χ4n) is 6.75. The smallest absolute Gasteiger partial charge is 0.335 e. The van der Waals surface area contributed by atoms with Gasteiger partial charge < -0.3 is 9.84 Å². The largest absolute Gasteiger partial charge is 0.495 e. The zero-order valence-corrected chi connectivity index (χ0v) is 23.8. The summed E-state index contributed by atoms with van der Waals surface area (Å²) in [4.78, 5) is 11.3. The molecule has 0 radical (unpaired) electrons. The molecule has 2 aromatic rings. The molecule has 39 heavy (non-hydrogen) atoms. The molecule has 1 atom stereocenters. The van der Waals surface area contributed by atoms with Gasteiger partial charge in [0.05, 0.1) is 18.4 Å². The molecule has 5 rings (SSSR count). The van der Waals surface area contributed by atoms with Crippen LogP contribution in [-0.4, -0.2) is 30.9 Å². The number of hydrogen-bond donors (Lipinski definition) is 2. The third kappa shape index (κ3) is 6.17. The lowest BCUT2D eigenvalue weighted by Gasteiger charge is -2.35. The number of methoxy groups -OCH3 is 1. The maximum atomic E-state index is 13.2. The molecule has 1 saturated carbocycles. The molecule has 7 nitrogen and oxygen atoms in total. The first-order chi connectivity index (χ1) is 18.8. The summed E-state index contributed by atoms with van der Waals surface area (Å²) in [6.07, 6.45) is 14.2. The Morgan fingerprint density at radius 1 is 1.03 bits per heavy atom. The number of nitrogens with one attached hydrogen (secondary N) is 1. The molecule has 0 saturated heterocycles. The Bertz CT molecular complexity index is 1340. The number of ether oxygens (including phenoxy) is 1. The van der Waals surface area contributed by atoms with E-state index in [9.17, 15) is 18.3 Å². The molecule has 1 aliphatic heterocycles. The number of anilines is 1. The Hall–Kier alpha value is -2.84. The maximum absolute atomic E-state index is 13.2. The van der Waals surface area contributed by atoms with Crippen molar-refractivity contribution in [1.82, 2.24) is 4.31 Å². The summed E-state index contributed by atoms with van der Waals surface area (Å²) in [6, 6.07) is 10.4. The van der Waals surface area contributed by atoms with Crippen molar-refractivity contribution >= 4 is 27.4 Å². The molecule has 1 unspecified atom stereocenters. The Kier molecular flexibility index (Phi) is 8.33. The van der Waals surface area contributed by atoms with Gasteiger partial charge in [-0.15, -0.1) is 0 Å². The van der Waals surface area contributed by atoms with Crippen molar-refractivity contribution in [3.8, 4) is 5.75 Å². The predicted molar refractivity (Wildman–Crippen MR) is 154 cm³/mol.